The molecule has 2 heterocycles. The van der Waals surface area contributed by atoms with E-state index in [4.69, 9.17) is 23.2 Å². The number of nitrogens with zero attached hydrogens (tertiary/aromatic N) is 3. The standard InChI is InChI=1S/C16H11Cl2FN4OS/c1-8(9-5-12(19)11(18)6-10(9)17)22-15(24)13-7-25-16(23-13)14-20-3-2-4-21-14/h2-8H,1H3,(H,22,24). The van der Waals surface area contributed by atoms with Crippen LogP contribution in [0.3, 0.4) is 0 Å². The highest BCUT2D eigenvalue weighted by Gasteiger charge is 2.19. The summed E-state index contributed by atoms with van der Waals surface area (Å²) in [5.41, 5.74) is 0.656. The fourth-order valence-corrected chi connectivity index (χ4v) is 3.40. The Hall–Kier alpha value is -2.09. The zero-order chi connectivity index (χ0) is 18.0. The monoisotopic (exact) mass is 396 g/mol. The molecule has 1 unspecified atom stereocenters. The van der Waals surface area contributed by atoms with E-state index in [1.165, 1.54) is 23.5 Å². The first-order valence-corrected chi connectivity index (χ1v) is 8.77. The third-order valence-electron chi connectivity index (χ3n) is 3.35. The predicted octanol–water partition coefficient (Wildman–Crippen LogP) is 4.54. The number of amides is 1. The summed E-state index contributed by atoms with van der Waals surface area (Å²) >= 11 is 13.0. The number of carbonyl (C=O) groups excluding carboxylic acids is 1. The van der Waals surface area contributed by atoms with Crippen molar-refractivity contribution < 1.29 is 9.18 Å². The zero-order valence-corrected chi connectivity index (χ0v) is 15.2. The van der Waals surface area contributed by atoms with Crippen LogP contribution < -0.4 is 5.32 Å². The summed E-state index contributed by atoms with van der Waals surface area (Å²) in [6.07, 6.45) is 3.20. The Labute approximate surface area is 156 Å². The summed E-state index contributed by atoms with van der Waals surface area (Å²) in [5.74, 6) is -0.556. The number of hydrogen-bond donors (Lipinski definition) is 1. The Balaban J connectivity index is 1.76. The molecule has 0 saturated heterocycles. The van der Waals surface area contributed by atoms with Crippen molar-refractivity contribution in [3.05, 3.63) is 63.1 Å². The van der Waals surface area contributed by atoms with Gasteiger partial charge in [-0.1, -0.05) is 23.2 Å². The van der Waals surface area contributed by atoms with Gasteiger partial charge in [0.2, 0.25) is 0 Å². The van der Waals surface area contributed by atoms with Gasteiger partial charge >= 0.3 is 0 Å². The summed E-state index contributed by atoms with van der Waals surface area (Å²) in [7, 11) is 0. The third kappa shape index (κ3) is 3.95. The molecule has 0 aliphatic heterocycles. The van der Waals surface area contributed by atoms with Crippen LogP contribution in [-0.2, 0) is 0 Å². The van der Waals surface area contributed by atoms with Gasteiger partial charge in [0.25, 0.3) is 5.91 Å². The lowest BCUT2D eigenvalue weighted by atomic mass is 10.1. The minimum absolute atomic E-state index is 0.0701. The number of nitrogens with one attached hydrogen (secondary N) is 1. The first kappa shape index (κ1) is 17.7. The number of hydrogen-bond acceptors (Lipinski definition) is 5. The Bertz CT molecular complexity index is 920. The lowest BCUT2D eigenvalue weighted by Gasteiger charge is -2.15. The van der Waals surface area contributed by atoms with E-state index >= 15 is 0 Å². The normalized spacial score (nSPS) is 12.0. The molecule has 0 radical (unpaired) electrons. The van der Waals surface area contributed by atoms with E-state index in [0.717, 1.165) is 0 Å². The van der Waals surface area contributed by atoms with Crippen molar-refractivity contribution in [3.8, 4) is 10.8 Å². The van der Waals surface area contributed by atoms with Crippen LogP contribution in [-0.4, -0.2) is 20.9 Å². The fraction of sp³-hybridized carbons (Fsp3) is 0.125. The number of carbonyl (C=O) groups is 1. The van der Waals surface area contributed by atoms with Crippen molar-refractivity contribution in [1.82, 2.24) is 20.3 Å². The Morgan fingerprint density at radius 1 is 1.24 bits per heavy atom. The van der Waals surface area contributed by atoms with Crippen LogP contribution in [0.15, 0.2) is 36.0 Å². The average Bonchev–Trinajstić information content (AvgIpc) is 3.09. The quantitative estimate of drug-likeness (QED) is 0.657. The minimum Gasteiger partial charge on any atom is -0.344 e. The molecule has 0 aliphatic carbocycles. The van der Waals surface area contributed by atoms with Gasteiger partial charge < -0.3 is 5.32 Å². The number of halogens is 3. The second kappa shape index (κ2) is 7.43. The van der Waals surface area contributed by atoms with E-state index in [0.29, 0.717) is 16.4 Å². The van der Waals surface area contributed by atoms with E-state index < -0.39 is 17.8 Å². The highest BCUT2D eigenvalue weighted by atomic mass is 35.5. The SMILES string of the molecule is CC(NC(=O)c1csc(-c2ncccn2)n1)c1cc(F)c(Cl)cc1Cl. The molecule has 5 nitrogen and oxygen atoms in total. The van der Waals surface area contributed by atoms with Gasteiger partial charge in [-0.15, -0.1) is 11.3 Å². The summed E-state index contributed by atoms with van der Waals surface area (Å²) in [4.78, 5) is 24.8. The minimum atomic E-state index is -0.598. The molecule has 1 N–H and O–H groups in total. The number of benzene rings is 1. The maximum absolute atomic E-state index is 13.6. The van der Waals surface area contributed by atoms with Gasteiger partial charge in [-0.25, -0.2) is 19.3 Å². The topological polar surface area (TPSA) is 67.8 Å². The smallest absolute Gasteiger partial charge is 0.271 e. The van der Waals surface area contributed by atoms with Gasteiger partial charge in [-0.05, 0) is 30.7 Å². The van der Waals surface area contributed by atoms with Crippen molar-refractivity contribution >= 4 is 40.4 Å². The molecular formula is C16H11Cl2FN4OS. The Kier molecular flexibility index (Phi) is 5.27. The summed E-state index contributed by atoms with van der Waals surface area (Å²) in [5, 5.41) is 5.08. The molecule has 1 amide bonds. The molecule has 3 aromatic rings. The first-order chi connectivity index (χ1) is 12.0. The van der Waals surface area contributed by atoms with Crippen LogP contribution in [0.2, 0.25) is 10.0 Å². The van der Waals surface area contributed by atoms with Crippen molar-refractivity contribution in [2.75, 3.05) is 0 Å². The lowest BCUT2D eigenvalue weighted by molar-refractivity contribution is 0.0935. The lowest BCUT2D eigenvalue weighted by Crippen LogP contribution is -2.27. The number of rotatable bonds is 4. The van der Waals surface area contributed by atoms with Crippen molar-refractivity contribution in [2.45, 2.75) is 13.0 Å². The van der Waals surface area contributed by atoms with Crippen molar-refractivity contribution in [1.29, 1.82) is 0 Å². The summed E-state index contributed by atoms with van der Waals surface area (Å²) in [6.45, 7) is 1.69. The highest BCUT2D eigenvalue weighted by Crippen LogP contribution is 2.29. The molecule has 128 valence electrons. The van der Waals surface area contributed by atoms with Crippen molar-refractivity contribution in [3.63, 3.8) is 0 Å². The molecule has 2 aromatic heterocycles. The van der Waals surface area contributed by atoms with E-state index in [1.807, 2.05) is 0 Å². The largest absolute Gasteiger partial charge is 0.344 e. The average molecular weight is 397 g/mol. The van der Waals surface area contributed by atoms with Gasteiger partial charge in [-0.2, -0.15) is 0 Å². The molecule has 25 heavy (non-hydrogen) atoms. The highest BCUT2D eigenvalue weighted by molar-refractivity contribution is 7.13. The van der Waals surface area contributed by atoms with Crippen LogP contribution in [0, 0.1) is 5.82 Å². The molecule has 1 aromatic carbocycles. The van der Waals surface area contributed by atoms with Gasteiger partial charge in [0.05, 0.1) is 11.1 Å². The summed E-state index contributed by atoms with van der Waals surface area (Å²) < 4.78 is 13.6. The maximum atomic E-state index is 13.6. The van der Waals surface area contributed by atoms with Crippen molar-refractivity contribution in [2.24, 2.45) is 0 Å². The summed E-state index contributed by atoms with van der Waals surface area (Å²) in [6, 6.07) is 3.69. The molecule has 0 fully saturated rings. The van der Waals surface area contributed by atoms with E-state index in [2.05, 4.69) is 20.3 Å². The molecular weight excluding hydrogens is 386 g/mol. The van der Waals surface area contributed by atoms with Crippen LogP contribution in [0.1, 0.15) is 29.0 Å². The van der Waals surface area contributed by atoms with Gasteiger partial charge in [0.15, 0.2) is 10.8 Å². The number of aromatic nitrogens is 3. The van der Waals surface area contributed by atoms with Crippen LogP contribution in [0.25, 0.3) is 10.8 Å². The zero-order valence-electron chi connectivity index (χ0n) is 12.8. The first-order valence-electron chi connectivity index (χ1n) is 7.14. The Morgan fingerprint density at radius 3 is 2.68 bits per heavy atom. The van der Waals surface area contributed by atoms with Gasteiger partial charge in [0, 0.05) is 22.8 Å². The van der Waals surface area contributed by atoms with Crippen LogP contribution >= 0.6 is 34.5 Å². The molecule has 0 saturated carbocycles. The Morgan fingerprint density at radius 2 is 1.96 bits per heavy atom. The van der Waals surface area contributed by atoms with Gasteiger partial charge in [0.1, 0.15) is 11.5 Å². The fourth-order valence-electron chi connectivity index (χ4n) is 2.11. The third-order valence-corrected chi connectivity index (χ3v) is 4.80. The second-order valence-electron chi connectivity index (χ2n) is 5.09. The van der Waals surface area contributed by atoms with Gasteiger partial charge in [-0.3, -0.25) is 4.79 Å². The molecule has 9 heteroatoms. The second-order valence-corrected chi connectivity index (χ2v) is 6.77. The van der Waals surface area contributed by atoms with E-state index in [-0.39, 0.29) is 15.7 Å². The molecule has 0 spiro atoms. The molecule has 1 atom stereocenters. The van der Waals surface area contributed by atoms with E-state index in [9.17, 15) is 9.18 Å². The maximum Gasteiger partial charge on any atom is 0.271 e. The molecule has 0 aliphatic rings. The number of thiazole rings is 1. The predicted molar refractivity (Wildman–Crippen MR) is 95.4 cm³/mol. The van der Waals surface area contributed by atoms with Crippen LogP contribution in [0.4, 0.5) is 4.39 Å². The van der Waals surface area contributed by atoms with E-state index in [1.54, 1.807) is 30.8 Å². The molecule has 0 bridgehead atoms. The van der Waals surface area contributed by atoms with Crippen LogP contribution in [0.5, 0.6) is 0 Å². The molecule has 3 rings (SSSR count).